The van der Waals surface area contributed by atoms with Gasteiger partial charge in [-0.05, 0) is 30.7 Å². The number of hydrogen-bond donors (Lipinski definition) is 1. The fourth-order valence-corrected chi connectivity index (χ4v) is 2.45. The molecule has 1 aromatic heterocycles. The number of hydrogen-bond acceptors (Lipinski definition) is 5. The van der Waals surface area contributed by atoms with Crippen LogP contribution in [0.3, 0.4) is 0 Å². The van der Waals surface area contributed by atoms with E-state index in [1.54, 1.807) is 18.2 Å². The van der Waals surface area contributed by atoms with E-state index in [4.69, 9.17) is 11.6 Å². The SMILES string of the molecule is Cc1c(Cl)cccc1NC(=O)CSc1ccc([N+](=O)[O-])cn1. The molecule has 0 aliphatic rings. The van der Waals surface area contributed by atoms with Crippen LogP contribution in [0, 0.1) is 17.0 Å². The van der Waals surface area contributed by atoms with Gasteiger partial charge < -0.3 is 5.32 Å². The summed E-state index contributed by atoms with van der Waals surface area (Å²) in [5.41, 5.74) is 1.38. The van der Waals surface area contributed by atoms with Gasteiger partial charge >= 0.3 is 0 Å². The zero-order valence-electron chi connectivity index (χ0n) is 11.6. The first kappa shape index (κ1) is 16.3. The second-order valence-electron chi connectivity index (χ2n) is 4.36. The van der Waals surface area contributed by atoms with Gasteiger partial charge in [-0.1, -0.05) is 29.4 Å². The molecule has 22 heavy (non-hydrogen) atoms. The maximum atomic E-state index is 11.9. The van der Waals surface area contributed by atoms with Crippen LogP contribution < -0.4 is 5.32 Å². The third kappa shape index (κ3) is 4.19. The van der Waals surface area contributed by atoms with E-state index in [9.17, 15) is 14.9 Å². The molecule has 114 valence electrons. The van der Waals surface area contributed by atoms with Gasteiger partial charge in [0, 0.05) is 16.8 Å². The molecule has 0 atom stereocenters. The van der Waals surface area contributed by atoms with E-state index in [0.717, 1.165) is 5.56 Å². The van der Waals surface area contributed by atoms with Crippen molar-refractivity contribution in [3.05, 3.63) is 57.2 Å². The van der Waals surface area contributed by atoms with E-state index >= 15 is 0 Å². The zero-order valence-corrected chi connectivity index (χ0v) is 13.1. The molecule has 8 heteroatoms. The fourth-order valence-electron chi connectivity index (χ4n) is 1.63. The molecular weight excluding hydrogens is 326 g/mol. The summed E-state index contributed by atoms with van der Waals surface area (Å²) in [6.45, 7) is 1.82. The quantitative estimate of drug-likeness (QED) is 0.511. The maximum Gasteiger partial charge on any atom is 0.287 e. The average Bonchev–Trinajstić information content (AvgIpc) is 2.50. The van der Waals surface area contributed by atoms with E-state index in [2.05, 4.69) is 10.3 Å². The van der Waals surface area contributed by atoms with Crippen LogP contribution in [0.1, 0.15) is 5.56 Å². The largest absolute Gasteiger partial charge is 0.325 e. The molecular formula is C14H12ClN3O3S. The molecule has 0 saturated carbocycles. The fraction of sp³-hybridized carbons (Fsp3) is 0.143. The molecule has 2 aromatic rings. The average molecular weight is 338 g/mol. The first-order valence-electron chi connectivity index (χ1n) is 6.25. The monoisotopic (exact) mass is 337 g/mol. The maximum absolute atomic E-state index is 11.9. The van der Waals surface area contributed by atoms with Crippen molar-refractivity contribution >= 4 is 40.6 Å². The molecule has 2 rings (SSSR count). The second-order valence-corrected chi connectivity index (χ2v) is 5.76. The first-order chi connectivity index (χ1) is 10.5. The Labute approximate surface area is 136 Å². The number of pyridine rings is 1. The molecule has 0 spiro atoms. The van der Waals surface area contributed by atoms with Gasteiger partial charge in [0.15, 0.2) is 0 Å². The van der Waals surface area contributed by atoms with Crippen LogP contribution in [0.25, 0.3) is 0 Å². The molecule has 0 bridgehead atoms. The minimum absolute atomic E-state index is 0.0802. The van der Waals surface area contributed by atoms with E-state index in [-0.39, 0.29) is 17.3 Å². The Morgan fingerprint density at radius 2 is 2.18 bits per heavy atom. The molecule has 0 unspecified atom stereocenters. The van der Waals surface area contributed by atoms with Gasteiger partial charge in [-0.2, -0.15) is 0 Å². The molecule has 0 aliphatic carbocycles. The summed E-state index contributed by atoms with van der Waals surface area (Å²) in [5.74, 6) is -0.0490. The van der Waals surface area contributed by atoms with Crippen molar-refractivity contribution in [3.63, 3.8) is 0 Å². The van der Waals surface area contributed by atoms with Crippen molar-refractivity contribution in [2.45, 2.75) is 11.9 Å². The highest BCUT2D eigenvalue weighted by Gasteiger charge is 2.09. The number of halogens is 1. The predicted molar refractivity (Wildman–Crippen MR) is 86.4 cm³/mol. The summed E-state index contributed by atoms with van der Waals surface area (Å²) in [6.07, 6.45) is 1.17. The van der Waals surface area contributed by atoms with Crippen LogP contribution in [0.5, 0.6) is 0 Å². The number of rotatable bonds is 5. The van der Waals surface area contributed by atoms with Gasteiger partial charge in [0.05, 0.1) is 15.7 Å². The Hall–Kier alpha value is -2.12. The summed E-state index contributed by atoms with van der Waals surface area (Å²) in [6, 6.07) is 8.15. The number of carbonyl (C=O) groups excluding carboxylic acids is 1. The lowest BCUT2D eigenvalue weighted by Gasteiger charge is -2.09. The number of nitrogens with one attached hydrogen (secondary N) is 1. The van der Waals surface area contributed by atoms with Crippen LogP contribution in [-0.2, 0) is 4.79 Å². The second kappa shape index (κ2) is 7.24. The molecule has 0 aliphatic heterocycles. The van der Waals surface area contributed by atoms with E-state index in [0.29, 0.717) is 15.7 Å². The van der Waals surface area contributed by atoms with Crippen LogP contribution in [0.4, 0.5) is 11.4 Å². The third-order valence-corrected chi connectivity index (χ3v) is 4.18. The number of benzene rings is 1. The number of amides is 1. The summed E-state index contributed by atoms with van der Waals surface area (Å²) in [7, 11) is 0. The van der Waals surface area contributed by atoms with E-state index in [1.165, 1.54) is 30.1 Å². The highest BCUT2D eigenvalue weighted by atomic mass is 35.5. The van der Waals surface area contributed by atoms with Crippen molar-refractivity contribution in [2.75, 3.05) is 11.1 Å². The Balaban J connectivity index is 1.92. The topological polar surface area (TPSA) is 85.1 Å². The van der Waals surface area contributed by atoms with Gasteiger partial charge in [-0.25, -0.2) is 4.98 Å². The van der Waals surface area contributed by atoms with Crippen molar-refractivity contribution in [2.24, 2.45) is 0 Å². The van der Waals surface area contributed by atoms with Crippen molar-refractivity contribution in [3.8, 4) is 0 Å². The minimum Gasteiger partial charge on any atom is -0.325 e. The van der Waals surface area contributed by atoms with E-state index in [1.807, 2.05) is 6.92 Å². The number of carbonyl (C=O) groups is 1. The molecule has 0 fully saturated rings. The van der Waals surface area contributed by atoms with Crippen LogP contribution in [0.15, 0.2) is 41.6 Å². The molecule has 1 N–H and O–H groups in total. The van der Waals surface area contributed by atoms with Crippen molar-refractivity contribution in [1.29, 1.82) is 0 Å². The zero-order chi connectivity index (χ0) is 16.1. The summed E-state index contributed by atoms with van der Waals surface area (Å²) in [4.78, 5) is 25.9. The minimum atomic E-state index is -0.518. The lowest BCUT2D eigenvalue weighted by atomic mass is 10.2. The molecule has 0 radical (unpaired) electrons. The van der Waals surface area contributed by atoms with Crippen molar-refractivity contribution in [1.82, 2.24) is 4.98 Å². The third-order valence-electron chi connectivity index (χ3n) is 2.82. The van der Waals surface area contributed by atoms with Gasteiger partial charge in [0.25, 0.3) is 5.69 Å². The summed E-state index contributed by atoms with van der Waals surface area (Å²) >= 11 is 7.19. The van der Waals surface area contributed by atoms with Crippen LogP contribution >= 0.6 is 23.4 Å². The predicted octanol–water partition coefficient (Wildman–Crippen LogP) is 3.68. The number of nitrogens with zero attached hydrogens (tertiary/aromatic N) is 2. The highest BCUT2D eigenvalue weighted by molar-refractivity contribution is 7.99. The van der Waals surface area contributed by atoms with Gasteiger partial charge in [-0.15, -0.1) is 0 Å². The number of aromatic nitrogens is 1. The lowest BCUT2D eigenvalue weighted by molar-refractivity contribution is -0.385. The number of nitro groups is 1. The van der Waals surface area contributed by atoms with E-state index < -0.39 is 4.92 Å². The molecule has 1 aromatic carbocycles. The standard InChI is InChI=1S/C14H12ClN3O3S/c1-9-11(15)3-2-4-12(9)17-13(19)8-22-14-6-5-10(7-16-14)18(20)21/h2-7H,8H2,1H3,(H,17,19). The van der Waals surface area contributed by atoms with Gasteiger partial charge in [0.1, 0.15) is 6.20 Å². The van der Waals surface area contributed by atoms with Crippen LogP contribution in [0.2, 0.25) is 5.02 Å². The number of thioether (sulfide) groups is 1. The molecule has 1 amide bonds. The Morgan fingerprint density at radius 3 is 2.82 bits per heavy atom. The van der Waals surface area contributed by atoms with Gasteiger partial charge in [0.2, 0.25) is 5.91 Å². The molecule has 6 nitrogen and oxygen atoms in total. The van der Waals surface area contributed by atoms with Crippen LogP contribution in [-0.4, -0.2) is 21.6 Å². The lowest BCUT2D eigenvalue weighted by Crippen LogP contribution is -2.15. The van der Waals surface area contributed by atoms with Crippen molar-refractivity contribution < 1.29 is 9.72 Å². The smallest absolute Gasteiger partial charge is 0.287 e. The summed E-state index contributed by atoms with van der Waals surface area (Å²) < 4.78 is 0. The Bertz CT molecular complexity index is 707. The normalized spacial score (nSPS) is 10.3. The molecule has 1 heterocycles. The van der Waals surface area contributed by atoms with Gasteiger partial charge in [-0.3, -0.25) is 14.9 Å². The first-order valence-corrected chi connectivity index (χ1v) is 7.62. The Morgan fingerprint density at radius 1 is 1.41 bits per heavy atom. The molecule has 0 saturated heterocycles. The summed E-state index contributed by atoms with van der Waals surface area (Å²) in [5, 5.41) is 14.4. The highest BCUT2D eigenvalue weighted by Crippen LogP contribution is 2.24. The Kier molecular flexibility index (Phi) is 5.35. The number of anilines is 1.